The fourth-order valence-electron chi connectivity index (χ4n) is 4.33. The third kappa shape index (κ3) is 5.09. The van der Waals surface area contributed by atoms with Crippen LogP contribution in [0.25, 0.3) is 0 Å². The molecule has 3 atom stereocenters. The number of nitrogens with zero attached hydrogens (tertiary/aromatic N) is 1. The van der Waals surface area contributed by atoms with Gasteiger partial charge in [0.25, 0.3) is 0 Å². The molecule has 2 nitrogen and oxygen atoms in total. The maximum atomic E-state index is 13.5. The smallest absolute Gasteiger partial charge is 0.370 e. The Balaban J connectivity index is 1.70. The van der Waals surface area contributed by atoms with Crippen LogP contribution in [0.15, 0.2) is 60.8 Å². The van der Waals surface area contributed by atoms with Crippen LogP contribution in [0.3, 0.4) is 0 Å². The van der Waals surface area contributed by atoms with Crippen LogP contribution < -0.4 is 0 Å². The normalized spacial score (nSPS) is 19.5. The topological polar surface area (TPSA) is 22.1 Å². The molecular formula is C25H20F7NO. The van der Waals surface area contributed by atoms with Crippen molar-refractivity contribution < 1.29 is 35.5 Å². The monoisotopic (exact) mass is 483 g/mol. The second-order valence-electron chi connectivity index (χ2n) is 8.27. The van der Waals surface area contributed by atoms with Gasteiger partial charge in [-0.2, -0.15) is 26.3 Å². The van der Waals surface area contributed by atoms with E-state index in [0.717, 1.165) is 5.56 Å². The predicted molar refractivity (Wildman–Crippen MR) is 111 cm³/mol. The molecular weight excluding hydrogens is 463 g/mol. The van der Waals surface area contributed by atoms with Crippen LogP contribution in [-0.4, -0.2) is 11.1 Å². The molecule has 9 heteroatoms. The fraction of sp³-hybridized carbons (Fsp3) is 0.320. The van der Waals surface area contributed by atoms with Crippen LogP contribution in [0.5, 0.6) is 0 Å². The maximum absolute atomic E-state index is 13.5. The average molecular weight is 483 g/mol. The minimum Gasteiger partial charge on any atom is -0.370 e. The van der Waals surface area contributed by atoms with E-state index in [-0.39, 0.29) is 11.6 Å². The van der Waals surface area contributed by atoms with Gasteiger partial charge >= 0.3 is 12.4 Å². The molecule has 4 rings (SSSR count). The minimum absolute atomic E-state index is 0.0955. The van der Waals surface area contributed by atoms with Gasteiger partial charge in [0.1, 0.15) is 5.82 Å². The molecule has 0 N–H and O–H groups in total. The minimum atomic E-state index is -4.94. The van der Waals surface area contributed by atoms with Gasteiger partial charge in [-0.15, -0.1) is 0 Å². The van der Waals surface area contributed by atoms with E-state index < -0.39 is 47.4 Å². The van der Waals surface area contributed by atoms with Gasteiger partial charge in [-0.25, -0.2) is 4.39 Å². The van der Waals surface area contributed by atoms with Crippen LogP contribution in [-0.2, 0) is 23.5 Å². The van der Waals surface area contributed by atoms with Crippen LogP contribution in [0.2, 0.25) is 0 Å². The summed E-state index contributed by atoms with van der Waals surface area (Å²) in [5.41, 5.74) is -0.664. The standard InChI is InChI=1S/C25H20F7NO/c1-14(17-11-18(24(27,28)29)13-19(12-17)25(30,31)32)34-21-9-6-16-3-2-10-33-23(16)22(21)15-4-7-20(26)8-5-15/h2-5,7-8,10-14,21-22H,6,9H2,1H3/t14?,21-,22+/m0/s1. The predicted octanol–water partition coefficient (Wildman–Crippen LogP) is 7.48. The van der Waals surface area contributed by atoms with Gasteiger partial charge in [0.2, 0.25) is 0 Å². The number of ether oxygens (including phenoxy) is 1. The SMILES string of the molecule is CC(O[C@H]1CCc2cccnc2[C@@H]1c1ccc(F)cc1)c1cc(C(F)(F)F)cc(C(F)(F)F)c1. The summed E-state index contributed by atoms with van der Waals surface area (Å²) >= 11 is 0. The van der Waals surface area contributed by atoms with E-state index in [4.69, 9.17) is 4.74 Å². The Labute approximate surface area is 191 Å². The van der Waals surface area contributed by atoms with Crippen molar-refractivity contribution in [2.24, 2.45) is 0 Å². The second-order valence-corrected chi connectivity index (χ2v) is 8.27. The Morgan fingerprint density at radius 1 is 0.912 bits per heavy atom. The van der Waals surface area contributed by atoms with E-state index in [9.17, 15) is 30.7 Å². The molecule has 0 spiro atoms. The number of rotatable bonds is 4. The Kier molecular flexibility index (Phi) is 6.42. The molecule has 0 saturated heterocycles. The number of benzene rings is 2. The highest BCUT2D eigenvalue weighted by Crippen LogP contribution is 2.41. The molecule has 0 bridgehead atoms. The molecule has 0 fully saturated rings. The quantitative estimate of drug-likeness (QED) is 0.359. The van der Waals surface area contributed by atoms with E-state index in [0.29, 0.717) is 36.2 Å². The first-order valence-electron chi connectivity index (χ1n) is 10.6. The lowest BCUT2D eigenvalue weighted by Gasteiger charge is -2.35. The zero-order valence-corrected chi connectivity index (χ0v) is 17.9. The van der Waals surface area contributed by atoms with Gasteiger partial charge in [0, 0.05) is 6.20 Å². The molecule has 0 aliphatic heterocycles. The van der Waals surface area contributed by atoms with E-state index in [1.54, 1.807) is 24.4 Å². The van der Waals surface area contributed by atoms with Gasteiger partial charge in [-0.1, -0.05) is 18.2 Å². The highest BCUT2D eigenvalue weighted by molar-refractivity contribution is 5.38. The zero-order chi connectivity index (χ0) is 24.7. The van der Waals surface area contributed by atoms with Crippen molar-refractivity contribution in [2.45, 2.75) is 50.2 Å². The summed E-state index contributed by atoms with van der Waals surface area (Å²) in [7, 11) is 0. The molecule has 3 aromatic rings. The van der Waals surface area contributed by atoms with Crippen molar-refractivity contribution in [2.75, 3.05) is 0 Å². The Bertz CT molecular complexity index is 1120. The van der Waals surface area contributed by atoms with Crippen molar-refractivity contribution in [3.63, 3.8) is 0 Å². The largest absolute Gasteiger partial charge is 0.416 e. The van der Waals surface area contributed by atoms with E-state index in [2.05, 4.69) is 4.98 Å². The van der Waals surface area contributed by atoms with Gasteiger partial charge in [-0.05, 0) is 72.9 Å². The molecule has 1 aliphatic rings. The third-order valence-electron chi connectivity index (χ3n) is 5.98. The van der Waals surface area contributed by atoms with Crippen molar-refractivity contribution in [1.29, 1.82) is 0 Å². The highest BCUT2D eigenvalue weighted by atomic mass is 19.4. The van der Waals surface area contributed by atoms with E-state index >= 15 is 0 Å². The Morgan fingerprint density at radius 2 is 1.53 bits per heavy atom. The first-order valence-corrected chi connectivity index (χ1v) is 10.6. The Hall–Kier alpha value is -2.94. The second kappa shape index (κ2) is 9.02. The lowest BCUT2D eigenvalue weighted by atomic mass is 9.79. The molecule has 0 radical (unpaired) electrons. The molecule has 1 unspecified atom stereocenters. The molecule has 1 aliphatic carbocycles. The molecule has 0 amide bonds. The summed E-state index contributed by atoms with van der Waals surface area (Å²) in [4.78, 5) is 4.45. The van der Waals surface area contributed by atoms with Gasteiger partial charge in [0.05, 0.1) is 34.9 Å². The summed E-state index contributed by atoms with van der Waals surface area (Å²) in [5, 5.41) is 0. The average Bonchev–Trinajstić information content (AvgIpc) is 2.78. The number of aromatic nitrogens is 1. The first kappa shape index (κ1) is 24.2. The summed E-state index contributed by atoms with van der Waals surface area (Å²) in [6.07, 6.45) is -8.90. The van der Waals surface area contributed by atoms with Crippen molar-refractivity contribution >= 4 is 0 Å². The molecule has 180 valence electrons. The number of halogens is 7. The third-order valence-corrected chi connectivity index (χ3v) is 5.98. The number of hydrogen-bond donors (Lipinski definition) is 0. The summed E-state index contributed by atoms with van der Waals surface area (Å²) in [6, 6.07) is 10.9. The number of alkyl halides is 6. The maximum Gasteiger partial charge on any atom is 0.416 e. The lowest BCUT2D eigenvalue weighted by Crippen LogP contribution is -2.31. The summed E-state index contributed by atoms with van der Waals surface area (Å²) in [5.74, 6) is -0.892. The van der Waals surface area contributed by atoms with Gasteiger partial charge in [-0.3, -0.25) is 4.98 Å². The first-order chi connectivity index (χ1) is 15.9. The van der Waals surface area contributed by atoms with Crippen molar-refractivity contribution in [3.05, 3.63) is 100 Å². The summed E-state index contributed by atoms with van der Waals surface area (Å²) in [6.45, 7) is 1.42. The Morgan fingerprint density at radius 3 is 2.12 bits per heavy atom. The van der Waals surface area contributed by atoms with Crippen LogP contribution >= 0.6 is 0 Å². The van der Waals surface area contributed by atoms with Crippen LogP contribution in [0.4, 0.5) is 30.7 Å². The fourth-order valence-corrected chi connectivity index (χ4v) is 4.33. The molecule has 1 aromatic heterocycles. The number of hydrogen-bond acceptors (Lipinski definition) is 2. The van der Waals surface area contributed by atoms with Crippen molar-refractivity contribution in [1.82, 2.24) is 4.98 Å². The van der Waals surface area contributed by atoms with Crippen LogP contribution in [0.1, 0.15) is 58.9 Å². The highest BCUT2D eigenvalue weighted by Gasteiger charge is 2.38. The number of fused-ring (bicyclic) bond motifs is 1. The van der Waals surface area contributed by atoms with Crippen molar-refractivity contribution in [3.8, 4) is 0 Å². The zero-order valence-electron chi connectivity index (χ0n) is 17.9. The number of pyridine rings is 1. The molecule has 2 aromatic carbocycles. The van der Waals surface area contributed by atoms with Gasteiger partial charge < -0.3 is 4.74 Å². The van der Waals surface area contributed by atoms with Crippen LogP contribution in [0, 0.1) is 5.82 Å². The van der Waals surface area contributed by atoms with E-state index in [1.165, 1.54) is 19.1 Å². The van der Waals surface area contributed by atoms with Gasteiger partial charge in [0.15, 0.2) is 0 Å². The molecule has 1 heterocycles. The van der Waals surface area contributed by atoms with E-state index in [1.807, 2.05) is 6.07 Å². The summed E-state index contributed by atoms with van der Waals surface area (Å²) < 4.78 is 99.4. The molecule has 0 saturated carbocycles. The lowest BCUT2D eigenvalue weighted by molar-refractivity contribution is -0.143. The molecule has 34 heavy (non-hydrogen) atoms. The number of aryl methyl sites for hydroxylation is 1.